The first-order valence-electron chi connectivity index (χ1n) is 5.66. The van der Waals surface area contributed by atoms with Crippen LogP contribution in [0.3, 0.4) is 0 Å². The predicted octanol–water partition coefficient (Wildman–Crippen LogP) is 2.26. The summed E-state index contributed by atoms with van der Waals surface area (Å²) in [6.45, 7) is 2.45. The topological polar surface area (TPSA) is 42.2 Å². The lowest BCUT2D eigenvalue weighted by Crippen LogP contribution is -2.31. The highest BCUT2D eigenvalue weighted by molar-refractivity contribution is 7.98. The van der Waals surface area contributed by atoms with Gasteiger partial charge in [-0.3, -0.25) is 0 Å². The van der Waals surface area contributed by atoms with Gasteiger partial charge in [0.05, 0.1) is 6.20 Å². The zero-order chi connectivity index (χ0) is 12.8. The van der Waals surface area contributed by atoms with E-state index in [2.05, 4.69) is 23.1 Å². The number of pyridine rings is 1. The molecule has 17 heavy (non-hydrogen) atoms. The van der Waals surface area contributed by atoms with Crippen LogP contribution in [0.5, 0.6) is 0 Å². The van der Waals surface area contributed by atoms with E-state index in [1.54, 1.807) is 0 Å². The number of hydrogen-bond donors (Lipinski definition) is 1. The Hall–Kier alpha value is -0.810. The average molecular weight is 257 g/mol. The number of anilines is 1. The third kappa shape index (κ3) is 3.85. The molecule has 3 nitrogen and oxygen atoms in total. The highest BCUT2D eigenvalue weighted by atomic mass is 32.2. The van der Waals surface area contributed by atoms with Crippen molar-refractivity contribution in [3.63, 3.8) is 0 Å². The molecular formula is C12H20FN3S. The van der Waals surface area contributed by atoms with Gasteiger partial charge in [-0.2, -0.15) is 11.8 Å². The zero-order valence-corrected chi connectivity index (χ0v) is 11.4. The second kappa shape index (κ2) is 6.81. The molecule has 1 rings (SSSR count). The number of rotatable bonds is 6. The lowest BCUT2D eigenvalue weighted by atomic mass is 10.2. The quantitative estimate of drug-likeness (QED) is 0.849. The van der Waals surface area contributed by atoms with Gasteiger partial charge in [-0.05, 0) is 31.4 Å². The van der Waals surface area contributed by atoms with Crippen LogP contribution in [0.15, 0.2) is 12.3 Å². The Labute approximate surface area is 107 Å². The van der Waals surface area contributed by atoms with E-state index in [9.17, 15) is 4.39 Å². The van der Waals surface area contributed by atoms with Crippen molar-refractivity contribution >= 4 is 17.6 Å². The molecular weight excluding hydrogens is 237 g/mol. The van der Waals surface area contributed by atoms with Crippen molar-refractivity contribution in [3.05, 3.63) is 23.6 Å². The van der Waals surface area contributed by atoms with Crippen LogP contribution < -0.4 is 10.6 Å². The molecule has 1 aromatic heterocycles. The fraction of sp³-hybridized carbons (Fsp3) is 0.583. The van der Waals surface area contributed by atoms with E-state index in [0.717, 1.165) is 23.6 Å². The first kappa shape index (κ1) is 14.3. The van der Waals surface area contributed by atoms with Gasteiger partial charge in [-0.15, -0.1) is 0 Å². The molecule has 1 atom stereocenters. The maximum absolute atomic E-state index is 13.1. The minimum Gasteiger partial charge on any atom is -0.357 e. The molecule has 1 unspecified atom stereocenters. The molecule has 0 aliphatic carbocycles. The van der Waals surface area contributed by atoms with Gasteiger partial charge in [0.25, 0.3) is 0 Å². The fourth-order valence-corrected chi connectivity index (χ4v) is 2.21. The molecule has 0 spiro atoms. The number of nitrogens with zero attached hydrogens (tertiary/aromatic N) is 2. The van der Waals surface area contributed by atoms with Crippen LogP contribution in [0, 0.1) is 5.82 Å². The highest BCUT2D eigenvalue weighted by Gasteiger charge is 2.14. The first-order chi connectivity index (χ1) is 8.10. The minimum absolute atomic E-state index is 0.305. The molecule has 1 aromatic rings. The van der Waals surface area contributed by atoms with Crippen LogP contribution in [0.4, 0.5) is 10.2 Å². The van der Waals surface area contributed by atoms with Gasteiger partial charge < -0.3 is 10.6 Å². The number of thioether (sulfide) groups is 1. The Kier molecular flexibility index (Phi) is 5.71. The number of aromatic nitrogens is 1. The molecule has 0 radical (unpaired) electrons. The summed E-state index contributed by atoms with van der Waals surface area (Å²) >= 11 is 1.82. The lowest BCUT2D eigenvalue weighted by Gasteiger charge is -2.27. The third-order valence-electron chi connectivity index (χ3n) is 2.86. The summed E-state index contributed by atoms with van der Waals surface area (Å²) < 4.78 is 13.1. The molecule has 0 bridgehead atoms. The smallest absolute Gasteiger partial charge is 0.141 e. The van der Waals surface area contributed by atoms with Gasteiger partial charge in [0.15, 0.2) is 0 Å². The van der Waals surface area contributed by atoms with Crippen molar-refractivity contribution < 1.29 is 4.39 Å². The summed E-state index contributed by atoms with van der Waals surface area (Å²) in [5, 5.41) is 0. The molecule has 96 valence electrons. The van der Waals surface area contributed by atoms with Crippen LogP contribution in [-0.2, 0) is 6.54 Å². The van der Waals surface area contributed by atoms with Crippen molar-refractivity contribution in [3.8, 4) is 0 Å². The summed E-state index contributed by atoms with van der Waals surface area (Å²) in [6.07, 6.45) is 4.40. The first-order valence-corrected chi connectivity index (χ1v) is 7.05. The Morgan fingerprint density at radius 2 is 2.29 bits per heavy atom. The number of halogens is 1. The van der Waals surface area contributed by atoms with Gasteiger partial charge >= 0.3 is 0 Å². The molecule has 1 heterocycles. The van der Waals surface area contributed by atoms with Gasteiger partial charge in [0, 0.05) is 25.2 Å². The number of nitrogens with two attached hydrogens (primary N) is 1. The summed E-state index contributed by atoms with van der Waals surface area (Å²) in [6, 6.07) is 1.82. The Bertz CT molecular complexity index is 360. The molecule has 0 saturated carbocycles. The van der Waals surface area contributed by atoms with Crippen molar-refractivity contribution in [2.24, 2.45) is 5.73 Å². The van der Waals surface area contributed by atoms with E-state index in [4.69, 9.17) is 5.73 Å². The summed E-state index contributed by atoms with van der Waals surface area (Å²) in [7, 11) is 1.98. The van der Waals surface area contributed by atoms with Crippen LogP contribution in [-0.4, -0.2) is 30.1 Å². The lowest BCUT2D eigenvalue weighted by molar-refractivity contribution is 0.612. The van der Waals surface area contributed by atoms with Gasteiger partial charge in [-0.1, -0.05) is 0 Å². The van der Waals surface area contributed by atoms with Crippen LogP contribution in [0.25, 0.3) is 0 Å². The largest absolute Gasteiger partial charge is 0.357 e. The zero-order valence-electron chi connectivity index (χ0n) is 10.6. The fourth-order valence-electron chi connectivity index (χ4n) is 1.63. The average Bonchev–Trinajstić information content (AvgIpc) is 2.34. The monoisotopic (exact) mass is 257 g/mol. The van der Waals surface area contributed by atoms with Crippen LogP contribution in [0.1, 0.15) is 18.9 Å². The van der Waals surface area contributed by atoms with E-state index >= 15 is 0 Å². The maximum Gasteiger partial charge on any atom is 0.141 e. The third-order valence-corrected chi connectivity index (χ3v) is 3.51. The predicted molar refractivity (Wildman–Crippen MR) is 73.0 cm³/mol. The highest BCUT2D eigenvalue weighted by Crippen LogP contribution is 2.20. The summed E-state index contributed by atoms with van der Waals surface area (Å²) in [5.74, 6) is 1.55. The minimum atomic E-state index is -0.334. The van der Waals surface area contributed by atoms with Crippen molar-refractivity contribution in [1.29, 1.82) is 0 Å². The Morgan fingerprint density at radius 1 is 1.59 bits per heavy atom. The van der Waals surface area contributed by atoms with E-state index < -0.39 is 0 Å². The number of hydrogen-bond acceptors (Lipinski definition) is 4. The maximum atomic E-state index is 13.1. The van der Waals surface area contributed by atoms with Crippen molar-refractivity contribution in [1.82, 2.24) is 4.98 Å². The SMILES string of the molecule is CSCCC(C)N(C)c1ncc(F)cc1CN. The van der Waals surface area contributed by atoms with Gasteiger partial charge in [-0.25, -0.2) is 9.37 Å². The van der Waals surface area contributed by atoms with Gasteiger partial charge in [0.2, 0.25) is 0 Å². The second-order valence-electron chi connectivity index (χ2n) is 4.08. The Morgan fingerprint density at radius 3 is 2.88 bits per heavy atom. The van der Waals surface area contributed by atoms with Crippen LogP contribution >= 0.6 is 11.8 Å². The van der Waals surface area contributed by atoms with E-state index in [1.165, 1.54) is 12.3 Å². The van der Waals surface area contributed by atoms with Gasteiger partial charge in [0.1, 0.15) is 11.6 Å². The molecule has 2 N–H and O–H groups in total. The molecule has 0 aliphatic rings. The van der Waals surface area contributed by atoms with Crippen molar-refractivity contribution in [2.45, 2.75) is 25.9 Å². The Balaban J connectivity index is 2.83. The standard InChI is InChI=1S/C12H20FN3S/c1-9(4-5-17-3)16(2)12-10(7-14)6-11(13)8-15-12/h6,8-9H,4-5,7,14H2,1-3H3. The van der Waals surface area contributed by atoms with Crippen LogP contribution in [0.2, 0.25) is 0 Å². The van der Waals surface area contributed by atoms with E-state index in [1.807, 2.05) is 18.8 Å². The molecule has 0 fully saturated rings. The molecule has 5 heteroatoms. The second-order valence-corrected chi connectivity index (χ2v) is 5.07. The molecule has 0 saturated heterocycles. The van der Waals surface area contributed by atoms with E-state index in [-0.39, 0.29) is 5.82 Å². The van der Waals surface area contributed by atoms with E-state index in [0.29, 0.717) is 12.6 Å². The molecule has 0 aliphatic heterocycles. The van der Waals surface area contributed by atoms with Crippen molar-refractivity contribution in [2.75, 3.05) is 24.0 Å². The molecule has 0 aromatic carbocycles. The summed E-state index contributed by atoms with van der Waals surface area (Å²) in [4.78, 5) is 6.21. The normalized spacial score (nSPS) is 12.5. The summed E-state index contributed by atoms with van der Waals surface area (Å²) in [5.41, 5.74) is 6.37. The molecule has 0 amide bonds.